The van der Waals surface area contributed by atoms with Crippen LogP contribution in [0.2, 0.25) is 5.02 Å². The van der Waals surface area contributed by atoms with Gasteiger partial charge in [0, 0.05) is 23.8 Å². The predicted molar refractivity (Wildman–Crippen MR) is 79.3 cm³/mol. The van der Waals surface area contributed by atoms with Gasteiger partial charge in [-0.2, -0.15) is 8.78 Å². The van der Waals surface area contributed by atoms with E-state index >= 15 is 0 Å². The zero-order chi connectivity index (χ0) is 15.6. The lowest BCUT2D eigenvalue weighted by Gasteiger charge is -2.52. The first-order valence-electron chi connectivity index (χ1n) is 6.97. The van der Waals surface area contributed by atoms with E-state index in [0.29, 0.717) is 6.61 Å². The first kappa shape index (κ1) is 16.3. The minimum atomic E-state index is -2.88. The molecule has 1 aromatic carbocycles. The van der Waals surface area contributed by atoms with Gasteiger partial charge in [-0.3, -0.25) is 0 Å². The average molecular weight is 320 g/mol. The minimum absolute atomic E-state index is 0.0145. The van der Waals surface area contributed by atoms with Crippen LogP contribution in [0.3, 0.4) is 0 Å². The summed E-state index contributed by atoms with van der Waals surface area (Å²) in [4.78, 5) is 0. The Bertz CT molecular complexity index is 497. The molecule has 0 spiro atoms. The van der Waals surface area contributed by atoms with Crippen molar-refractivity contribution >= 4 is 17.3 Å². The molecule has 0 amide bonds. The highest BCUT2D eigenvalue weighted by molar-refractivity contribution is 6.32. The quantitative estimate of drug-likeness (QED) is 0.834. The monoisotopic (exact) mass is 319 g/mol. The van der Waals surface area contributed by atoms with Gasteiger partial charge in [0.2, 0.25) is 0 Å². The molecule has 0 saturated heterocycles. The van der Waals surface area contributed by atoms with E-state index in [4.69, 9.17) is 16.3 Å². The zero-order valence-electron chi connectivity index (χ0n) is 12.3. The molecule has 1 saturated carbocycles. The highest BCUT2D eigenvalue weighted by atomic mass is 35.5. The number of nitrogens with one attached hydrogen (secondary N) is 1. The number of halogens is 3. The Morgan fingerprint density at radius 3 is 2.67 bits per heavy atom. The van der Waals surface area contributed by atoms with Crippen molar-refractivity contribution in [2.75, 3.05) is 11.9 Å². The van der Waals surface area contributed by atoms with E-state index < -0.39 is 6.61 Å². The number of rotatable bonds is 6. The lowest BCUT2D eigenvalue weighted by Crippen LogP contribution is -2.58. The first-order chi connectivity index (χ1) is 9.84. The number of hydrogen-bond donors (Lipinski definition) is 1. The van der Waals surface area contributed by atoms with E-state index in [9.17, 15) is 8.78 Å². The van der Waals surface area contributed by atoms with Crippen LogP contribution in [0.4, 0.5) is 14.5 Å². The summed E-state index contributed by atoms with van der Waals surface area (Å²) in [6.45, 7) is 4.10. The molecule has 0 bridgehead atoms. The van der Waals surface area contributed by atoms with Gasteiger partial charge in [0.15, 0.2) is 0 Å². The second kappa shape index (κ2) is 6.36. The highest BCUT2D eigenvalue weighted by Crippen LogP contribution is 2.44. The van der Waals surface area contributed by atoms with E-state index in [1.165, 1.54) is 6.07 Å². The second-order valence-corrected chi connectivity index (χ2v) is 6.13. The maximum Gasteiger partial charge on any atom is 0.387 e. The third kappa shape index (κ3) is 3.58. The number of benzene rings is 1. The van der Waals surface area contributed by atoms with E-state index in [-0.39, 0.29) is 28.3 Å². The molecule has 0 radical (unpaired) electrons. The van der Waals surface area contributed by atoms with Gasteiger partial charge in [-0.1, -0.05) is 25.4 Å². The average Bonchev–Trinajstić information content (AvgIpc) is 2.40. The zero-order valence-corrected chi connectivity index (χ0v) is 13.1. The smallest absolute Gasteiger partial charge is 0.387 e. The van der Waals surface area contributed by atoms with Gasteiger partial charge >= 0.3 is 6.61 Å². The third-order valence-electron chi connectivity index (χ3n) is 4.03. The molecular weight excluding hydrogens is 300 g/mol. The Morgan fingerprint density at radius 1 is 1.43 bits per heavy atom. The summed E-state index contributed by atoms with van der Waals surface area (Å²) in [6, 6.07) is 4.99. The van der Waals surface area contributed by atoms with Gasteiger partial charge in [0.1, 0.15) is 5.75 Å². The minimum Gasteiger partial charge on any atom is -0.433 e. The standard InChI is InChI=1S/C15H20ClF2NO2/c1-4-20-13-8-12(15(13,2)3)19-9-5-6-11(10(16)7-9)21-14(17)18/h5-7,12-14,19H,4,8H2,1-3H3. The van der Waals surface area contributed by atoms with Crippen molar-refractivity contribution in [1.82, 2.24) is 0 Å². The Hall–Kier alpha value is -1.07. The maximum atomic E-state index is 12.2. The van der Waals surface area contributed by atoms with Crippen LogP contribution in [0.5, 0.6) is 5.75 Å². The fourth-order valence-electron chi connectivity index (χ4n) is 2.60. The van der Waals surface area contributed by atoms with Crippen LogP contribution in [-0.4, -0.2) is 25.4 Å². The van der Waals surface area contributed by atoms with Crippen molar-refractivity contribution in [3.63, 3.8) is 0 Å². The van der Waals surface area contributed by atoms with Gasteiger partial charge in [-0.25, -0.2) is 0 Å². The van der Waals surface area contributed by atoms with Crippen LogP contribution in [0.15, 0.2) is 18.2 Å². The van der Waals surface area contributed by atoms with E-state index in [1.54, 1.807) is 12.1 Å². The predicted octanol–water partition coefficient (Wildman–Crippen LogP) is 4.56. The highest BCUT2D eigenvalue weighted by Gasteiger charge is 2.48. The Labute approximate surface area is 128 Å². The molecule has 2 unspecified atom stereocenters. The summed E-state index contributed by atoms with van der Waals surface area (Å²) in [5, 5.41) is 3.54. The molecular formula is C15H20ClF2NO2. The van der Waals surface area contributed by atoms with Gasteiger partial charge in [-0.05, 0) is 31.5 Å². The van der Waals surface area contributed by atoms with Crippen LogP contribution in [0.1, 0.15) is 27.2 Å². The van der Waals surface area contributed by atoms with E-state index in [2.05, 4.69) is 23.9 Å². The van der Waals surface area contributed by atoms with Crippen LogP contribution < -0.4 is 10.1 Å². The summed E-state index contributed by atoms with van der Waals surface area (Å²) < 4.78 is 34.4. The summed E-state index contributed by atoms with van der Waals surface area (Å²) in [6.07, 6.45) is 1.14. The fourth-order valence-corrected chi connectivity index (χ4v) is 2.82. The molecule has 2 atom stereocenters. The topological polar surface area (TPSA) is 30.5 Å². The van der Waals surface area contributed by atoms with Crippen LogP contribution >= 0.6 is 11.6 Å². The Balaban J connectivity index is 2.00. The number of ether oxygens (including phenoxy) is 2. The SMILES string of the molecule is CCOC1CC(Nc2ccc(OC(F)F)c(Cl)c2)C1(C)C. The molecule has 1 aliphatic carbocycles. The molecule has 1 aliphatic rings. The van der Waals surface area contributed by atoms with E-state index in [0.717, 1.165) is 12.1 Å². The summed E-state index contributed by atoms with van der Waals surface area (Å²) in [7, 11) is 0. The Kier molecular flexibility index (Phi) is 4.94. The lowest BCUT2D eigenvalue weighted by molar-refractivity contribution is -0.0976. The van der Waals surface area contributed by atoms with Crippen molar-refractivity contribution in [3.8, 4) is 5.75 Å². The van der Waals surface area contributed by atoms with Crippen LogP contribution in [0.25, 0.3) is 0 Å². The van der Waals surface area contributed by atoms with Crippen molar-refractivity contribution in [2.24, 2.45) is 5.41 Å². The maximum absolute atomic E-state index is 12.2. The second-order valence-electron chi connectivity index (χ2n) is 5.72. The molecule has 0 heterocycles. The number of hydrogen-bond acceptors (Lipinski definition) is 3. The van der Waals surface area contributed by atoms with Crippen molar-refractivity contribution in [3.05, 3.63) is 23.2 Å². The molecule has 0 aromatic heterocycles. The lowest BCUT2D eigenvalue weighted by atomic mass is 9.64. The number of anilines is 1. The number of alkyl halides is 2. The summed E-state index contributed by atoms with van der Waals surface area (Å²) in [5.74, 6) is -0.0164. The largest absolute Gasteiger partial charge is 0.433 e. The van der Waals surface area contributed by atoms with Crippen LogP contribution in [-0.2, 0) is 4.74 Å². The summed E-state index contributed by atoms with van der Waals surface area (Å²) >= 11 is 5.94. The molecule has 3 nitrogen and oxygen atoms in total. The third-order valence-corrected chi connectivity index (χ3v) is 4.33. The van der Waals surface area contributed by atoms with Crippen molar-refractivity contribution in [2.45, 2.75) is 45.9 Å². The van der Waals surface area contributed by atoms with Gasteiger partial charge in [0.25, 0.3) is 0 Å². The van der Waals surface area contributed by atoms with Crippen LogP contribution in [0, 0.1) is 5.41 Å². The van der Waals surface area contributed by atoms with Crippen molar-refractivity contribution in [1.29, 1.82) is 0 Å². The summed E-state index contributed by atoms with van der Waals surface area (Å²) in [5.41, 5.74) is 0.801. The van der Waals surface area contributed by atoms with Gasteiger partial charge < -0.3 is 14.8 Å². The first-order valence-corrected chi connectivity index (χ1v) is 7.35. The van der Waals surface area contributed by atoms with Gasteiger partial charge in [0.05, 0.1) is 11.1 Å². The fraction of sp³-hybridized carbons (Fsp3) is 0.600. The molecule has 2 rings (SSSR count). The Morgan fingerprint density at radius 2 is 2.14 bits per heavy atom. The molecule has 1 fully saturated rings. The molecule has 0 aliphatic heterocycles. The van der Waals surface area contributed by atoms with Gasteiger partial charge in [-0.15, -0.1) is 0 Å². The molecule has 21 heavy (non-hydrogen) atoms. The van der Waals surface area contributed by atoms with Crippen molar-refractivity contribution < 1.29 is 18.3 Å². The molecule has 1 N–H and O–H groups in total. The molecule has 6 heteroatoms. The molecule has 1 aromatic rings. The molecule has 118 valence electrons. The normalized spacial score (nSPS) is 23.8. The van der Waals surface area contributed by atoms with E-state index in [1.807, 2.05) is 6.92 Å².